The van der Waals surface area contributed by atoms with E-state index in [1.54, 1.807) is 16.8 Å². The van der Waals surface area contributed by atoms with Crippen LogP contribution >= 0.6 is 0 Å². The van der Waals surface area contributed by atoms with Gasteiger partial charge in [-0.05, 0) is 18.9 Å². The fourth-order valence-corrected chi connectivity index (χ4v) is 1.62. The Morgan fingerprint density at radius 2 is 2.19 bits per heavy atom. The molecule has 5 heteroatoms. The summed E-state index contributed by atoms with van der Waals surface area (Å²) in [4.78, 5) is 26.5. The van der Waals surface area contributed by atoms with E-state index >= 15 is 0 Å². The van der Waals surface area contributed by atoms with Gasteiger partial charge in [0.1, 0.15) is 0 Å². The van der Waals surface area contributed by atoms with Crippen molar-refractivity contribution in [3.8, 4) is 0 Å². The lowest BCUT2D eigenvalue weighted by atomic mass is 10.1. The Bertz CT molecular complexity index is 268. The predicted octanol–water partition coefficient (Wildman–Crippen LogP) is -0.338. The zero-order valence-corrected chi connectivity index (χ0v) is 10.1. The number of amides is 2. The highest BCUT2D eigenvalue weighted by Gasteiger charge is 2.24. The molecule has 1 aliphatic heterocycles. The number of nitrogens with two attached hydrogens (primary N) is 1. The molecule has 0 saturated carbocycles. The molecule has 1 saturated heterocycles. The fraction of sp³-hybridized carbons (Fsp3) is 0.818. The predicted molar refractivity (Wildman–Crippen MR) is 61.7 cm³/mol. The standard InChI is InChI=1S/C11H21N3O2/c1-9(7-12)3-4-10(15)14-6-5-13(2)11(16)8-14/h9H,3-8,12H2,1-2H3. The van der Waals surface area contributed by atoms with E-state index in [0.29, 0.717) is 32.0 Å². The lowest BCUT2D eigenvalue weighted by Gasteiger charge is -2.32. The van der Waals surface area contributed by atoms with Crippen LogP contribution in [0.2, 0.25) is 0 Å². The van der Waals surface area contributed by atoms with Crippen molar-refractivity contribution in [3.63, 3.8) is 0 Å². The van der Waals surface area contributed by atoms with Crippen LogP contribution in [-0.2, 0) is 9.59 Å². The van der Waals surface area contributed by atoms with Gasteiger partial charge in [0.05, 0.1) is 6.54 Å². The van der Waals surface area contributed by atoms with Crippen molar-refractivity contribution in [2.75, 3.05) is 33.2 Å². The van der Waals surface area contributed by atoms with E-state index in [-0.39, 0.29) is 18.4 Å². The third-order valence-electron chi connectivity index (χ3n) is 3.06. The van der Waals surface area contributed by atoms with Gasteiger partial charge >= 0.3 is 0 Å². The quantitative estimate of drug-likeness (QED) is 0.714. The van der Waals surface area contributed by atoms with Crippen LogP contribution in [0.4, 0.5) is 0 Å². The molecule has 1 atom stereocenters. The maximum atomic E-state index is 11.8. The fourth-order valence-electron chi connectivity index (χ4n) is 1.62. The SMILES string of the molecule is CC(CN)CCC(=O)N1CCN(C)C(=O)C1. The van der Waals surface area contributed by atoms with Gasteiger partial charge in [0.25, 0.3) is 0 Å². The Hall–Kier alpha value is -1.10. The molecule has 92 valence electrons. The average molecular weight is 227 g/mol. The molecular weight excluding hydrogens is 206 g/mol. The van der Waals surface area contributed by atoms with Gasteiger partial charge in [-0.2, -0.15) is 0 Å². The Kier molecular flexibility index (Phi) is 4.73. The molecule has 1 rings (SSSR count). The Labute approximate surface area is 96.6 Å². The second-order valence-corrected chi connectivity index (χ2v) is 4.51. The van der Waals surface area contributed by atoms with Crippen LogP contribution < -0.4 is 5.73 Å². The summed E-state index contributed by atoms with van der Waals surface area (Å²) in [7, 11) is 1.76. The van der Waals surface area contributed by atoms with Crippen LogP contribution in [0.15, 0.2) is 0 Å². The van der Waals surface area contributed by atoms with Gasteiger partial charge in [0, 0.05) is 26.6 Å². The summed E-state index contributed by atoms with van der Waals surface area (Å²) >= 11 is 0. The molecule has 1 heterocycles. The van der Waals surface area contributed by atoms with E-state index in [1.807, 2.05) is 6.92 Å². The Morgan fingerprint density at radius 3 is 2.75 bits per heavy atom. The Balaban J connectivity index is 2.34. The van der Waals surface area contributed by atoms with Crippen molar-refractivity contribution in [1.82, 2.24) is 9.80 Å². The first kappa shape index (κ1) is 13.0. The van der Waals surface area contributed by atoms with Crippen molar-refractivity contribution >= 4 is 11.8 Å². The zero-order valence-electron chi connectivity index (χ0n) is 10.1. The smallest absolute Gasteiger partial charge is 0.241 e. The summed E-state index contributed by atoms with van der Waals surface area (Å²) in [6.07, 6.45) is 1.30. The molecule has 0 aromatic heterocycles. The van der Waals surface area contributed by atoms with E-state index in [1.165, 1.54) is 0 Å². The molecule has 0 radical (unpaired) electrons. The number of hydrogen-bond donors (Lipinski definition) is 1. The molecule has 0 aliphatic carbocycles. The number of piperazine rings is 1. The van der Waals surface area contributed by atoms with Gasteiger partial charge in [-0.15, -0.1) is 0 Å². The third kappa shape index (κ3) is 3.48. The van der Waals surface area contributed by atoms with Crippen molar-refractivity contribution in [2.45, 2.75) is 19.8 Å². The van der Waals surface area contributed by atoms with E-state index in [4.69, 9.17) is 5.73 Å². The van der Waals surface area contributed by atoms with E-state index in [0.717, 1.165) is 6.42 Å². The molecule has 2 amide bonds. The molecule has 1 unspecified atom stereocenters. The van der Waals surface area contributed by atoms with Crippen LogP contribution in [0.1, 0.15) is 19.8 Å². The minimum Gasteiger partial charge on any atom is -0.342 e. The maximum Gasteiger partial charge on any atom is 0.241 e. The first-order chi connectivity index (χ1) is 7.54. The number of carbonyl (C=O) groups excluding carboxylic acids is 2. The van der Waals surface area contributed by atoms with Crippen LogP contribution in [0, 0.1) is 5.92 Å². The minimum atomic E-state index is 0.0199. The summed E-state index contributed by atoms with van der Waals surface area (Å²) in [6, 6.07) is 0. The van der Waals surface area contributed by atoms with Crippen LogP contribution in [-0.4, -0.2) is 54.8 Å². The van der Waals surface area contributed by atoms with Gasteiger partial charge in [-0.3, -0.25) is 9.59 Å². The molecule has 0 aromatic carbocycles. The maximum absolute atomic E-state index is 11.8. The molecular formula is C11H21N3O2. The molecule has 16 heavy (non-hydrogen) atoms. The van der Waals surface area contributed by atoms with Crippen LogP contribution in [0.3, 0.4) is 0 Å². The molecule has 0 bridgehead atoms. The van der Waals surface area contributed by atoms with Gasteiger partial charge in [-0.25, -0.2) is 0 Å². The lowest BCUT2D eigenvalue weighted by Crippen LogP contribution is -2.50. The highest BCUT2D eigenvalue weighted by molar-refractivity contribution is 5.85. The molecule has 5 nitrogen and oxygen atoms in total. The van der Waals surface area contributed by atoms with Gasteiger partial charge in [0.15, 0.2) is 0 Å². The van der Waals surface area contributed by atoms with Crippen molar-refractivity contribution in [1.29, 1.82) is 0 Å². The summed E-state index contributed by atoms with van der Waals surface area (Å²) in [5.41, 5.74) is 5.49. The topological polar surface area (TPSA) is 66.6 Å². The highest BCUT2D eigenvalue weighted by atomic mass is 16.2. The average Bonchev–Trinajstić information content (AvgIpc) is 2.29. The summed E-state index contributed by atoms with van der Waals surface area (Å²) in [5.74, 6) is 0.459. The van der Waals surface area contributed by atoms with E-state index in [2.05, 4.69) is 0 Å². The second-order valence-electron chi connectivity index (χ2n) is 4.51. The largest absolute Gasteiger partial charge is 0.342 e. The first-order valence-corrected chi connectivity index (χ1v) is 5.76. The third-order valence-corrected chi connectivity index (χ3v) is 3.06. The molecule has 0 spiro atoms. The summed E-state index contributed by atoms with van der Waals surface area (Å²) in [5, 5.41) is 0. The number of carbonyl (C=O) groups is 2. The zero-order chi connectivity index (χ0) is 12.1. The van der Waals surface area contributed by atoms with Gasteiger partial charge < -0.3 is 15.5 Å². The van der Waals surface area contributed by atoms with E-state index < -0.39 is 0 Å². The Morgan fingerprint density at radius 1 is 1.50 bits per heavy atom. The van der Waals surface area contributed by atoms with Crippen molar-refractivity contribution < 1.29 is 9.59 Å². The van der Waals surface area contributed by atoms with Crippen molar-refractivity contribution in [2.24, 2.45) is 11.7 Å². The molecule has 1 aliphatic rings. The molecule has 1 fully saturated rings. The lowest BCUT2D eigenvalue weighted by molar-refractivity contribution is -0.144. The number of rotatable bonds is 4. The van der Waals surface area contributed by atoms with Gasteiger partial charge in [-0.1, -0.05) is 6.92 Å². The molecule has 0 aromatic rings. The van der Waals surface area contributed by atoms with Crippen LogP contribution in [0.25, 0.3) is 0 Å². The van der Waals surface area contributed by atoms with Crippen molar-refractivity contribution in [3.05, 3.63) is 0 Å². The number of hydrogen-bond acceptors (Lipinski definition) is 3. The van der Waals surface area contributed by atoms with E-state index in [9.17, 15) is 9.59 Å². The number of likely N-dealkylation sites (N-methyl/N-ethyl adjacent to an activating group) is 1. The number of nitrogens with zero attached hydrogens (tertiary/aromatic N) is 2. The highest BCUT2D eigenvalue weighted by Crippen LogP contribution is 2.08. The first-order valence-electron chi connectivity index (χ1n) is 5.76. The van der Waals surface area contributed by atoms with Gasteiger partial charge in [0.2, 0.25) is 11.8 Å². The normalized spacial score (nSPS) is 18.8. The minimum absolute atomic E-state index is 0.0199. The summed E-state index contributed by atoms with van der Waals surface area (Å²) < 4.78 is 0. The monoisotopic (exact) mass is 227 g/mol. The molecule has 2 N–H and O–H groups in total. The second kappa shape index (κ2) is 5.84. The summed E-state index contributed by atoms with van der Waals surface area (Å²) in [6.45, 7) is 4.15. The van der Waals surface area contributed by atoms with Crippen LogP contribution in [0.5, 0.6) is 0 Å².